The van der Waals surface area contributed by atoms with Crippen LogP contribution in [0.15, 0.2) is 12.2 Å². The maximum atomic E-state index is 11.7. The van der Waals surface area contributed by atoms with Crippen molar-refractivity contribution in [3.8, 4) is 11.5 Å². The smallest absolute Gasteiger partial charge is 0.408 e. The molecule has 0 aromatic rings. The fourth-order valence-electron chi connectivity index (χ4n) is 1.22. The van der Waals surface area contributed by atoms with E-state index in [0.29, 0.717) is 0 Å². The van der Waals surface area contributed by atoms with Gasteiger partial charge in [0.2, 0.25) is 0 Å². The summed E-state index contributed by atoms with van der Waals surface area (Å²) in [6.07, 6.45) is 2.24. The summed E-state index contributed by atoms with van der Waals surface area (Å²) in [5.74, 6) is 2.40. The zero-order valence-corrected chi connectivity index (χ0v) is 15.6. The molecule has 0 aromatic carbocycles. The second-order valence-electron chi connectivity index (χ2n) is 6.81. The Labute approximate surface area is 134 Å². The van der Waals surface area contributed by atoms with Crippen molar-refractivity contribution in [1.29, 1.82) is 0 Å². The lowest BCUT2D eigenvalue weighted by Crippen LogP contribution is -2.36. The first kappa shape index (κ1) is 20.3. The summed E-state index contributed by atoms with van der Waals surface area (Å²) < 4.78 is 10.3. The molecule has 0 saturated carbocycles. The molecule has 1 amide bonds. The van der Waals surface area contributed by atoms with Gasteiger partial charge in [-0.2, -0.15) is 0 Å². The number of rotatable bonds is 4. The summed E-state index contributed by atoms with van der Waals surface area (Å²) in [5.41, 5.74) is 2.55. The molecule has 0 aliphatic carbocycles. The molecule has 0 radical (unpaired) electrons. The van der Waals surface area contributed by atoms with Crippen molar-refractivity contribution in [2.24, 2.45) is 0 Å². The Balaban J connectivity index is 4.47. The fourth-order valence-corrected chi connectivity index (χ4v) is 1.80. The van der Waals surface area contributed by atoms with E-state index >= 15 is 0 Å². The summed E-state index contributed by atoms with van der Waals surface area (Å²) in [7, 11) is -1.54. The SMILES string of the molecule is C/C=C/C(C#C[Si](C)(C)C)OC(=O)CNC(=O)OC(C)(C)C. The van der Waals surface area contributed by atoms with Gasteiger partial charge >= 0.3 is 12.1 Å². The van der Waals surface area contributed by atoms with Crippen molar-refractivity contribution < 1.29 is 19.1 Å². The molecule has 0 aliphatic rings. The van der Waals surface area contributed by atoms with E-state index in [9.17, 15) is 9.59 Å². The molecule has 0 rings (SSSR count). The number of nitrogens with one attached hydrogen (secondary N) is 1. The largest absolute Gasteiger partial charge is 0.444 e. The standard InChI is InChI=1S/C16H27NO4Si/c1-8-9-13(10-11-22(5,6)7)20-14(18)12-17-15(19)21-16(2,3)4/h8-9,13H,12H2,1-7H3,(H,17,19)/b9-8+. The summed E-state index contributed by atoms with van der Waals surface area (Å²) in [5, 5.41) is 2.36. The van der Waals surface area contributed by atoms with E-state index in [-0.39, 0.29) is 6.54 Å². The highest BCUT2D eigenvalue weighted by molar-refractivity contribution is 6.83. The van der Waals surface area contributed by atoms with Gasteiger partial charge in [-0.25, -0.2) is 4.79 Å². The highest BCUT2D eigenvalue weighted by Crippen LogP contribution is 2.06. The van der Waals surface area contributed by atoms with E-state index < -0.39 is 31.8 Å². The van der Waals surface area contributed by atoms with Crippen LogP contribution in [-0.2, 0) is 14.3 Å². The minimum Gasteiger partial charge on any atom is -0.444 e. The van der Waals surface area contributed by atoms with Crippen LogP contribution in [0.25, 0.3) is 0 Å². The number of carbonyl (C=O) groups is 2. The molecule has 0 fully saturated rings. The summed E-state index contributed by atoms with van der Waals surface area (Å²) in [6.45, 7) is 13.2. The quantitative estimate of drug-likeness (QED) is 0.373. The van der Waals surface area contributed by atoms with Crippen LogP contribution in [0.1, 0.15) is 27.7 Å². The van der Waals surface area contributed by atoms with E-state index in [4.69, 9.17) is 9.47 Å². The van der Waals surface area contributed by atoms with Gasteiger partial charge in [0.1, 0.15) is 20.2 Å². The summed E-state index contributed by atoms with van der Waals surface area (Å²) in [4.78, 5) is 23.2. The van der Waals surface area contributed by atoms with Crippen LogP contribution in [0.2, 0.25) is 19.6 Å². The van der Waals surface area contributed by atoms with Gasteiger partial charge in [-0.15, -0.1) is 5.54 Å². The maximum Gasteiger partial charge on any atom is 0.408 e. The monoisotopic (exact) mass is 325 g/mol. The number of allylic oxidation sites excluding steroid dienone is 1. The Morgan fingerprint density at radius 2 is 1.86 bits per heavy atom. The molecule has 0 bridgehead atoms. The Hall–Kier alpha value is -1.74. The topological polar surface area (TPSA) is 64.6 Å². The van der Waals surface area contributed by atoms with Gasteiger partial charge in [-0.3, -0.25) is 4.79 Å². The molecule has 6 heteroatoms. The lowest BCUT2D eigenvalue weighted by Gasteiger charge is -2.19. The second-order valence-corrected chi connectivity index (χ2v) is 11.6. The molecule has 22 heavy (non-hydrogen) atoms. The highest BCUT2D eigenvalue weighted by Gasteiger charge is 2.17. The lowest BCUT2D eigenvalue weighted by atomic mass is 10.2. The number of amides is 1. The zero-order chi connectivity index (χ0) is 17.4. The molecule has 0 heterocycles. The molecule has 0 saturated heterocycles. The van der Waals surface area contributed by atoms with Crippen LogP contribution in [0.4, 0.5) is 4.79 Å². The van der Waals surface area contributed by atoms with Gasteiger partial charge in [-0.1, -0.05) is 31.6 Å². The van der Waals surface area contributed by atoms with Crippen LogP contribution >= 0.6 is 0 Å². The van der Waals surface area contributed by atoms with Gasteiger partial charge in [0.25, 0.3) is 0 Å². The van der Waals surface area contributed by atoms with Crippen molar-refractivity contribution in [1.82, 2.24) is 5.32 Å². The minimum atomic E-state index is -1.54. The molecule has 124 valence electrons. The van der Waals surface area contributed by atoms with Crippen molar-refractivity contribution >= 4 is 20.1 Å². The highest BCUT2D eigenvalue weighted by atomic mass is 28.3. The maximum absolute atomic E-state index is 11.7. The van der Waals surface area contributed by atoms with E-state index in [0.717, 1.165) is 0 Å². The molecule has 5 nitrogen and oxygen atoms in total. The summed E-state index contributed by atoms with van der Waals surface area (Å²) >= 11 is 0. The number of hydrogen-bond donors (Lipinski definition) is 1. The number of carbonyl (C=O) groups excluding carboxylic acids is 2. The molecule has 1 atom stereocenters. The first-order chi connectivity index (χ1) is 9.93. The molecule has 0 spiro atoms. The first-order valence-corrected chi connectivity index (χ1v) is 10.7. The Morgan fingerprint density at radius 1 is 1.27 bits per heavy atom. The molecule has 0 aromatic heterocycles. The van der Waals surface area contributed by atoms with E-state index in [1.54, 1.807) is 32.9 Å². The Kier molecular flexibility index (Phi) is 7.95. The van der Waals surface area contributed by atoms with Crippen LogP contribution in [-0.4, -0.2) is 38.4 Å². The molecule has 1 unspecified atom stereocenters. The number of ether oxygens (including phenoxy) is 2. The Morgan fingerprint density at radius 3 is 2.32 bits per heavy atom. The summed E-state index contributed by atoms with van der Waals surface area (Å²) in [6, 6.07) is 0. The van der Waals surface area contributed by atoms with Gasteiger partial charge < -0.3 is 14.8 Å². The van der Waals surface area contributed by atoms with E-state index in [1.165, 1.54) is 0 Å². The van der Waals surface area contributed by atoms with Crippen molar-refractivity contribution in [2.45, 2.75) is 59.0 Å². The van der Waals surface area contributed by atoms with Crippen molar-refractivity contribution in [3.63, 3.8) is 0 Å². The van der Waals surface area contributed by atoms with Gasteiger partial charge in [-0.05, 0) is 33.8 Å². The second kappa shape index (κ2) is 8.64. The number of esters is 1. The first-order valence-electron chi connectivity index (χ1n) is 7.25. The van der Waals surface area contributed by atoms with Crippen molar-refractivity contribution in [2.75, 3.05) is 6.54 Å². The normalized spacial score (nSPS) is 13.0. The Bertz CT molecular complexity index is 475. The number of hydrogen-bond acceptors (Lipinski definition) is 4. The third kappa shape index (κ3) is 12.0. The zero-order valence-electron chi connectivity index (χ0n) is 14.6. The number of alkyl carbamates (subject to hydrolysis) is 1. The molecule has 0 aliphatic heterocycles. The van der Waals surface area contributed by atoms with E-state index in [2.05, 4.69) is 36.4 Å². The minimum absolute atomic E-state index is 0.252. The van der Waals surface area contributed by atoms with Gasteiger partial charge in [0.05, 0.1) is 0 Å². The van der Waals surface area contributed by atoms with Crippen molar-refractivity contribution in [3.05, 3.63) is 12.2 Å². The van der Waals surface area contributed by atoms with E-state index in [1.807, 2.05) is 6.92 Å². The predicted molar refractivity (Wildman–Crippen MR) is 90.1 cm³/mol. The molecular formula is C16H27NO4Si. The fraction of sp³-hybridized carbons (Fsp3) is 0.625. The molecule has 1 N–H and O–H groups in total. The van der Waals surface area contributed by atoms with Crippen LogP contribution in [0.3, 0.4) is 0 Å². The molecular weight excluding hydrogens is 298 g/mol. The average molecular weight is 325 g/mol. The predicted octanol–water partition coefficient (Wildman–Crippen LogP) is 2.88. The van der Waals surface area contributed by atoms with Crippen LogP contribution in [0.5, 0.6) is 0 Å². The third-order valence-corrected chi connectivity index (χ3v) is 2.89. The average Bonchev–Trinajstić information content (AvgIpc) is 2.31. The van der Waals surface area contributed by atoms with Crippen LogP contribution < -0.4 is 5.32 Å². The van der Waals surface area contributed by atoms with Gasteiger partial charge in [0.15, 0.2) is 6.10 Å². The third-order valence-electron chi connectivity index (χ3n) is 1.99. The van der Waals surface area contributed by atoms with Gasteiger partial charge in [0, 0.05) is 0 Å². The van der Waals surface area contributed by atoms with Crippen LogP contribution in [0, 0.1) is 11.5 Å². The lowest BCUT2D eigenvalue weighted by molar-refractivity contribution is -0.143.